The van der Waals surface area contributed by atoms with Gasteiger partial charge in [-0.3, -0.25) is 9.88 Å². The molecule has 0 aliphatic carbocycles. The number of aryl methyl sites for hydroxylation is 1. The van der Waals surface area contributed by atoms with Gasteiger partial charge in [-0.25, -0.2) is 0 Å². The van der Waals surface area contributed by atoms with E-state index in [4.69, 9.17) is 4.74 Å². The molecule has 1 N–H and O–H groups in total. The minimum absolute atomic E-state index is 0.190. The summed E-state index contributed by atoms with van der Waals surface area (Å²) in [7, 11) is 0. The fourth-order valence-corrected chi connectivity index (χ4v) is 2.91. The van der Waals surface area contributed by atoms with E-state index in [-0.39, 0.29) is 12.1 Å². The predicted molar refractivity (Wildman–Crippen MR) is 86.5 cm³/mol. The number of nitrogens with zero attached hydrogens (tertiary/aromatic N) is 2. The van der Waals surface area contributed by atoms with E-state index in [1.165, 1.54) is 11.1 Å². The summed E-state index contributed by atoms with van der Waals surface area (Å²) < 4.78 is 6.10. The third kappa shape index (κ3) is 4.25. The Bertz CT molecular complexity index is 436. The zero-order chi connectivity index (χ0) is 15.2. The van der Waals surface area contributed by atoms with Crippen LogP contribution < -0.4 is 5.32 Å². The van der Waals surface area contributed by atoms with E-state index < -0.39 is 0 Å². The molecule has 0 bridgehead atoms. The summed E-state index contributed by atoms with van der Waals surface area (Å²) in [6.45, 7) is 12.7. The van der Waals surface area contributed by atoms with E-state index in [0.29, 0.717) is 6.04 Å². The first-order chi connectivity index (χ1) is 10.1. The van der Waals surface area contributed by atoms with Gasteiger partial charge in [0.25, 0.3) is 0 Å². The molecule has 2 atom stereocenters. The van der Waals surface area contributed by atoms with Gasteiger partial charge in [0.1, 0.15) is 0 Å². The second kappa shape index (κ2) is 7.87. The lowest BCUT2D eigenvalue weighted by Crippen LogP contribution is -2.50. The van der Waals surface area contributed by atoms with Crippen LogP contribution in [0.2, 0.25) is 0 Å². The Hall–Kier alpha value is -0.970. The Morgan fingerprint density at radius 2 is 2.29 bits per heavy atom. The molecule has 4 nitrogen and oxygen atoms in total. The number of rotatable bonds is 6. The highest BCUT2D eigenvalue weighted by molar-refractivity contribution is 5.26. The summed E-state index contributed by atoms with van der Waals surface area (Å²) >= 11 is 0. The number of hydrogen-bond donors (Lipinski definition) is 1. The fraction of sp³-hybridized carbons (Fsp3) is 0.706. The molecule has 1 aromatic heterocycles. The van der Waals surface area contributed by atoms with Gasteiger partial charge in [0, 0.05) is 31.5 Å². The van der Waals surface area contributed by atoms with Crippen LogP contribution in [0.4, 0.5) is 0 Å². The molecule has 21 heavy (non-hydrogen) atoms. The minimum atomic E-state index is 0.190. The number of aromatic nitrogens is 1. The van der Waals surface area contributed by atoms with Gasteiger partial charge in [-0.2, -0.15) is 0 Å². The SMILES string of the molecule is CCCNC(c1cnccc1C)C1CN(C(C)C)CCO1. The van der Waals surface area contributed by atoms with Gasteiger partial charge in [0.05, 0.1) is 18.8 Å². The molecule has 0 saturated carbocycles. The zero-order valence-corrected chi connectivity index (χ0v) is 13.8. The molecule has 2 rings (SSSR count). The van der Waals surface area contributed by atoms with Crippen molar-refractivity contribution in [3.05, 3.63) is 29.6 Å². The van der Waals surface area contributed by atoms with E-state index in [1.807, 2.05) is 12.4 Å². The van der Waals surface area contributed by atoms with Crippen LogP contribution in [0.25, 0.3) is 0 Å². The first-order valence-electron chi connectivity index (χ1n) is 8.13. The van der Waals surface area contributed by atoms with Gasteiger partial charge >= 0.3 is 0 Å². The Labute approximate surface area is 128 Å². The van der Waals surface area contributed by atoms with Crippen LogP contribution in [0, 0.1) is 6.92 Å². The maximum Gasteiger partial charge on any atom is 0.0897 e. The van der Waals surface area contributed by atoms with Crippen LogP contribution in [0.5, 0.6) is 0 Å². The molecule has 0 radical (unpaired) electrons. The third-order valence-electron chi connectivity index (χ3n) is 4.26. The van der Waals surface area contributed by atoms with Gasteiger partial charge in [-0.1, -0.05) is 6.92 Å². The molecule has 1 saturated heterocycles. The molecule has 1 aliphatic heterocycles. The monoisotopic (exact) mass is 291 g/mol. The standard InChI is InChI=1S/C17H29N3O/c1-5-7-19-17(15-11-18-8-6-14(15)4)16-12-20(13(2)3)9-10-21-16/h6,8,11,13,16-17,19H,5,7,9-10,12H2,1-4H3. The third-order valence-corrected chi connectivity index (χ3v) is 4.26. The van der Waals surface area contributed by atoms with Gasteiger partial charge in [-0.15, -0.1) is 0 Å². The number of nitrogens with one attached hydrogen (secondary N) is 1. The second-order valence-electron chi connectivity index (χ2n) is 6.16. The van der Waals surface area contributed by atoms with Crippen LogP contribution >= 0.6 is 0 Å². The van der Waals surface area contributed by atoms with Crippen molar-refractivity contribution in [3.8, 4) is 0 Å². The van der Waals surface area contributed by atoms with Crippen molar-refractivity contribution in [2.24, 2.45) is 0 Å². The molecule has 118 valence electrons. The van der Waals surface area contributed by atoms with E-state index in [0.717, 1.165) is 32.7 Å². The van der Waals surface area contributed by atoms with Gasteiger partial charge in [0.15, 0.2) is 0 Å². The van der Waals surface area contributed by atoms with Crippen LogP contribution in [-0.4, -0.2) is 48.3 Å². The molecule has 1 aliphatic rings. The highest BCUT2D eigenvalue weighted by atomic mass is 16.5. The van der Waals surface area contributed by atoms with Gasteiger partial charge in [-0.05, 0) is 50.9 Å². The predicted octanol–water partition coefficient (Wildman–Crippen LogP) is 2.54. The maximum absolute atomic E-state index is 6.10. The number of morpholine rings is 1. The molecule has 2 unspecified atom stereocenters. The molecule has 2 heterocycles. The second-order valence-corrected chi connectivity index (χ2v) is 6.16. The molecule has 0 aromatic carbocycles. The maximum atomic E-state index is 6.10. The average molecular weight is 291 g/mol. The molecule has 0 amide bonds. The van der Waals surface area contributed by atoms with Crippen molar-refractivity contribution in [1.82, 2.24) is 15.2 Å². The van der Waals surface area contributed by atoms with Crippen molar-refractivity contribution in [2.75, 3.05) is 26.2 Å². The first-order valence-corrected chi connectivity index (χ1v) is 8.13. The summed E-state index contributed by atoms with van der Waals surface area (Å²) in [5, 5.41) is 3.66. The highest BCUT2D eigenvalue weighted by Gasteiger charge is 2.30. The summed E-state index contributed by atoms with van der Waals surface area (Å²) in [4.78, 5) is 6.81. The lowest BCUT2D eigenvalue weighted by molar-refractivity contribution is -0.0562. The molecular weight excluding hydrogens is 262 g/mol. The molecule has 0 spiro atoms. The molecule has 4 heteroatoms. The van der Waals surface area contributed by atoms with E-state index in [2.05, 4.69) is 49.0 Å². The Balaban J connectivity index is 2.17. The smallest absolute Gasteiger partial charge is 0.0897 e. The summed E-state index contributed by atoms with van der Waals surface area (Å²) in [5.74, 6) is 0. The van der Waals surface area contributed by atoms with Crippen LogP contribution in [0.1, 0.15) is 44.4 Å². The molecule has 1 fully saturated rings. The minimum Gasteiger partial charge on any atom is -0.374 e. The summed E-state index contributed by atoms with van der Waals surface area (Å²) in [6.07, 6.45) is 5.16. The fourth-order valence-electron chi connectivity index (χ4n) is 2.91. The van der Waals surface area contributed by atoms with Gasteiger partial charge < -0.3 is 10.1 Å². The number of hydrogen-bond acceptors (Lipinski definition) is 4. The largest absolute Gasteiger partial charge is 0.374 e. The summed E-state index contributed by atoms with van der Waals surface area (Å²) in [5.41, 5.74) is 2.55. The average Bonchev–Trinajstić information content (AvgIpc) is 2.49. The lowest BCUT2D eigenvalue weighted by Gasteiger charge is -2.39. The molecule has 1 aromatic rings. The van der Waals surface area contributed by atoms with E-state index in [9.17, 15) is 0 Å². The topological polar surface area (TPSA) is 37.4 Å². The Morgan fingerprint density at radius 3 is 2.95 bits per heavy atom. The normalized spacial score (nSPS) is 21.7. The van der Waals surface area contributed by atoms with Crippen molar-refractivity contribution >= 4 is 0 Å². The molecular formula is C17H29N3O. The Kier molecular flexibility index (Phi) is 6.15. The van der Waals surface area contributed by atoms with Crippen LogP contribution in [0.15, 0.2) is 18.5 Å². The van der Waals surface area contributed by atoms with Crippen LogP contribution in [-0.2, 0) is 4.74 Å². The van der Waals surface area contributed by atoms with Crippen molar-refractivity contribution in [1.29, 1.82) is 0 Å². The van der Waals surface area contributed by atoms with E-state index >= 15 is 0 Å². The van der Waals surface area contributed by atoms with Crippen molar-refractivity contribution in [2.45, 2.75) is 52.3 Å². The highest BCUT2D eigenvalue weighted by Crippen LogP contribution is 2.25. The van der Waals surface area contributed by atoms with E-state index in [1.54, 1.807) is 0 Å². The van der Waals surface area contributed by atoms with Crippen molar-refractivity contribution < 1.29 is 4.74 Å². The quantitative estimate of drug-likeness (QED) is 0.874. The zero-order valence-electron chi connectivity index (χ0n) is 13.8. The number of pyridine rings is 1. The first kappa shape index (κ1) is 16.4. The lowest BCUT2D eigenvalue weighted by atomic mass is 9.97. The van der Waals surface area contributed by atoms with Crippen molar-refractivity contribution in [3.63, 3.8) is 0 Å². The number of ether oxygens (including phenoxy) is 1. The van der Waals surface area contributed by atoms with Crippen LogP contribution in [0.3, 0.4) is 0 Å². The Morgan fingerprint density at radius 1 is 1.48 bits per heavy atom. The summed E-state index contributed by atoms with van der Waals surface area (Å²) in [6, 6.07) is 2.87. The van der Waals surface area contributed by atoms with Gasteiger partial charge in [0.2, 0.25) is 0 Å².